The summed E-state index contributed by atoms with van der Waals surface area (Å²) in [7, 11) is -2.04. The number of aromatic nitrogens is 2. The highest BCUT2D eigenvalue weighted by Gasteiger charge is 2.17. The molecule has 0 saturated heterocycles. The van der Waals surface area contributed by atoms with Crippen LogP contribution < -0.4 is 10.5 Å². The van der Waals surface area contributed by atoms with Crippen molar-refractivity contribution in [2.24, 2.45) is 5.14 Å². The molecular weight excluding hydrogens is 260 g/mol. The topological polar surface area (TPSA) is 98.0 Å². The van der Waals surface area contributed by atoms with Gasteiger partial charge in [0.2, 0.25) is 15.2 Å². The minimum atomic E-state index is -3.76. The van der Waals surface area contributed by atoms with Crippen molar-refractivity contribution >= 4 is 26.5 Å². The summed E-state index contributed by atoms with van der Waals surface area (Å²) in [4.78, 5) is 0.0544. The molecule has 0 radical (unpaired) electrons. The first-order chi connectivity index (χ1) is 8.02. The maximum absolute atomic E-state index is 11.4. The van der Waals surface area contributed by atoms with Gasteiger partial charge in [-0.3, -0.25) is 0 Å². The summed E-state index contributed by atoms with van der Waals surface area (Å²) >= 11 is 1.26. The Bertz CT molecular complexity index is 636. The number of nitrogens with one attached hydrogen (secondary N) is 1. The Hall–Kier alpha value is -1.51. The summed E-state index contributed by atoms with van der Waals surface area (Å²) in [6.45, 7) is 0. The molecule has 6 nitrogen and oxygen atoms in total. The van der Waals surface area contributed by atoms with Crippen LogP contribution in [0, 0.1) is 0 Å². The molecule has 0 aliphatic rings. The lowest BCUT2D eigenvalue weighted by molar-refractivity contribution is 0.598. The molecular formula is C9H10N4O2S2. The third kappa shape index (κ3) is 2.43. The molecule has 0 unspecified atom stereocenters. The van der Waals surface area contributed by atoms with Crippen molar-refractivity contribution in [2.75, 3.05) is 12.4 Å². The van der Waals surface area contributed by atoms with E-state index in [4.69, 9.17) is 5.14 Å². The van der Waals surface area contributed by atoms with Gasteiger partial charge in [0.15, 0.2) is 5.01 Å². The van der Waals surface area contributed by atoms with Gasteiger partial charge in [-0.05, 0) is 6.07 Å². The first-order valence-corrected chi connectivity index (χ1v) is 7.02. The lowest BCUT2D eigenvalue weighted by atomic mass is 10.2. The highest BCUT2D eigenvalue weighted by molar-refractivity contribution is 7.89. The van der Waals surface area contributed by atoms with Gasteiger partial charge in [0.25, 0.3) is 0 Å². The molecule has 0 aliphatic heterocycles. The molecule has 90 valence electrons. The largest absolute Gasteiger partial charge is 0.363 e. The number of anilines is 1. The van der Waals surface area contributed by atoms with E-state index in [1.165, 1.54) is 17.4 Å². The number of hydrogen-bond donors (Lipinski definition) is 2. The number of rotatable bonds is 3. The van der Waals surface area contributed by atoms with Gasteiger partial charge >= 0.3 is 0 Å². The number of nitrogens with two attached hydrogens (primary N) is 1. The number of sulfonamides is 1. The smallest absolute Gasteiger partial charge is 0.238 e. The second-order valence-corrected chi connectivity index (χ2v) is 5.71. The molecule has 1 heterocycles. The number of hydrogen-bond acceptors (Lipinski definition) is 6. The van der Waals surface area contributed by atoms with Crippen molar-refractivity contribution < 1.29 is 8.42 Å². The van der Waals surface area contributed by atoms with E-state index in [-0.39, 0.29) is 4.90 Å². The van der Waals surface area contributed by atoms with Crippen molar-refractivity contribution in [3.05, 3.63) is 24.3 Å². The van der Waals surface area contributed by atoms with Crippen molar-refractivity contribution in [1.29, 1.82) is 0 Å². The maximum Gasteiger partial charge on any atom is 0.238 e. The Morgan fingerprint density at radius 2 is 2.00 bits per heavy atom. The van der Waals surface area contributed by atoms with Crippen LogP contribution in [-0.2, 0) is 10.0 Å². The van der Waals surface area contributed by atoms with Crippen LogP contribution in [0.25, 0.3) is 10.6 Å². The molecule has 0 spiro atoms. The molecule has 1 aromatic carbocycles. The fourth-order valence-electron chi connectivity index (χ4n) is 1.32. The average molecular weight is 270 g/mol. The summed E-state index contributed by atoms with van der Waals surface area (Å²) in [6, 6.07) is 6.44. The van der Waals surface area contributed by atoms with Crippen LogP contribution in [0.5, 0.6) is 0 Å². The summed E-state index contributed by atoms with van der Waals surface area (Å²) in [6.07, 6.45) is 0. The Morgan fingerprint density at radius 1 is 1.29 bits per heavy atom. The zero-order valence-electron chi connectivity index (χ0n) is 8.91. The van der Waals surface area contributed by atoms with Crippen molar-refractivity contribution in [3.8, 4) is 10.6 Å². The van der Waals surface area contributed by atoms with Crippen LogP contribution in [0.4, 0.5) is 5.13 Å². The second kappa shape index (κ2) is 4.40. The van der Waals surface area contributed by atoms with E-state index in [2.05, 4.69) is 15.5 Å². The molecule has 2 rings (SSSR count). The van der Waals surface area contributed by atoms with E-state index in [1.54, 1.807) is 25.2 Å². The van der Waals surface area contributed by atoms with Crippen LogP contribution >= 0.6 is 11.3 Å². The molecule has 0 fully saturated rings. The van der Waals surface area contributed by atoms with Gasteiger partial charge in [-0.1, -0.05) is 29.5 Å². The third-order valence-corrected chi connectivity index (χ3v) is 4.01. The number of benzene rings is 1. The van der Waals surface area contributed by atoms with Crippen molar-refractivity contribution in [2.45, 2.75) is 4.90 Å². The van der Waals surface area contributed by atoms with E-state index in [1.807, 2.05) is 0 Å². The quantitative estimate of drug-likeness (QED) is 0.863. The van der Waals surface area contributed by atoms with E-state index >= 15 is 0 Å². The van der Waals surface area contributed by atoms with Crippen LogP contribution in [0.15, 0.2) is 29.2 Å². The molecule has 17 heavy (non-hydrogen) atoms. The van der Waals surface area contributed by atoms with Gasteiger partial charge in [0, 0.05) is 12.6 Å². The highest BCUT2D eigenvalue weighted by Crippen LogP contribution is 2.30. The lowest BCUT2D eigenvalue weighted by Crippen LogP contribution is -2.13. The summed E-state index contributed by atoms with van der Waals surface area (Å²) < 4.78 is 22.8. The van der Waals surface area contributed by atoms with E-state index in [0.717, 1.165) is 0 Å². The van der Waals surface area contributed by atoms with Crippen LogP contribution in [0.1, 0.15) is 0 Å². The SMILES string of the molecule is CNc1nnc(-c2ccccc2S(N)(=O)=O)s1. The Morgan fingerprint density at radius 3 is 2.59 bits per heavy atom. The minimum Gasteiger partial charge on any atom is -0.363 e. The first kappa shape index (κ1) is 12.0. The van der Waals surface area contributed by atoms with Crippen LogP contribution in [0.2, 0.25) is 0 Å². The number of primary sulfonamides is 1. The van der Waals surface area contributed by atoms with Gasteiger partial charge in [-0.2, -0.15) is 0 Å². The van der Waals surface area contributed by atoms with Crippen molar-refractivity contribution in [1.82, 2.24) is 10.2 Å². The standard InChI is InChI=1S/C9H10N4O2S2/c1-11-9-13-12-8(16-9)6-4-2-3-5-7(6)17(10,14)15/h2-5H,1H3,(H,11,13)(H2,10,14,15). The molecule has 0 aliphatic carbocycles. The molecule has 0 bridgehead atoms. The van der Waals surface area contributed by atoms with E-state index < -0.39 is 10.0 Å². The molecule has 8 heteroatoms. The van der Waals surface area contributed by atoms with Crippen LogP contribution in [0.3, 0.4) is 0 Å². The lowest BCUT2D eigenvalue weighted by Gasteiger charge is -2.03. The van der Waals surface area contributed by atoms with Crippen molar-refractivity contribution in [3.63, 3.8) is 0 Å². The maximum atomic E-state index is 11.4. The zero-order chi connectivity index (χ0) is 12.5. The fraction of sp³-hybridized carbons (Fsp3) is 0.111. The second-order valence-electron chi connectivity index (χ2n) is 3.20. The molecule has 2 aromatic rings. The third-order valence-electron chi connectivity index (χ3n) is 2.06. The molecule has 1 aromatic heterocycles. The highest BCUT2D eigenvalue weighted by atomic mass is 32.2. The van der Waals surface area contributed by atoms with Gasteiger partial charge in [0.05, 0.1) is 4.90 Å². The van der Waals surface area contributed by atoms with E-state index in [0.29, 0.717) is 15.7 Å². The predicted octanol–water partition coefficient (Wildman–Crippen LogP) is 0.894. The summed E-state index contributed by atoms with van der Waals surface area (Å²) in [5.41, 5.74) is 0.467. The monoisotopic (exact) mass is 270 g/mol. The Labute approximate surface area is 103 Å². The summed E-state index contributed by atoms with van der Waals surface area (Å²) in [5.74, 6) is 0. The minimum absolute atomic E-state index is 0.0544. The fourth-order valence-corrected chi connectivity index (χ4v) is 2.87. The number of nitrogens with zero attached hydrogens (tertiary/aromatic N) is 2. The van der Waals surface area contributed by atoms with Gasteiger partial charge in [0.1, 0.15) is 0 Å². The Balaban J connectivity index is 2.60. The predicted molar refractivity (Wildman–Crippen MR) is 66.3 cm³/mol. The van der Waals surface area contributed by atoms with Gasteiger partial charge < -0.3 is 5.32 Å². The molecule has 0 saturated carbocycles. The van der Waals surface area contributed by atoms with E-state index in [9.17, 15) is 8.42 Å². The average Bonchev–Trinajstić information content (AvgIpc) is 2.76. The van der Waals surface area contributed by atoms with Gasteiger partial charge in [-0.25, -0.2) is 13.6 Å². The molecule has 3 N–H and O–H groups in total. The Kier molecular flexibility index (Phi) is 3.09. The van der Waals surface area contributed by atoms with Gasteiger partial charge in [-0.15, -0.1) is 10.2 Å². The normalized spacial score (nSPS) is 11.4. The molecule has 0 atom stereocenters. The first-order valence-electron chi connectivity index (χ1n) is 4.66. The zero-order valence-corrected chi connectivity index (χ0v) is 10.5. The molecule has 0 amide bonds. The van der Waals surface area contributed by atoms with Crippen LogP contribution in [-0.4, -0.2) is 25.7 Å². The summed E-state index contributed by atoms with van der Waals surface area (Å²) in [5, 5.41) is 16.9.